The summed E-state index contributed by atoms with van der Waals surface area (Å²) in [6.07, 6.45) is 28.3. The maximum Gasteiger partial charge on any atom is 0.0471 e. The first-order valence-electron chi connectivity index (χ1n) is 25.7. The van der Waals surface area contributed by atoms with Crippen LogP contribution in [-0.2, 0) is 19.4 Å². The smallest absolute Gasteiger partial charge is 0.0471 e. The fraction of sp³-hybridized carbons (Fsp3) is 0.533. The van der Waals surface area contributed by atoms with Crippen LogP contribution >= 0.6 is 0 Å². The quantitative estimate of drug-likeness (QED) is 0.0533. The van der Waals surface area contributed by atoms with Crippen molar-refractivity contribution >= 4 is 23.1 Å². The van der Waals surface area contributed by atoms with E-state index in [-0.39, 0.29) is 6.04 Å². The zero-order valence-corrected chi connectivity index (χ0v) is 43.3. The molecule has 5 heteroatoms. The molecule has 5 nitrogen and oxygen atoms in total. The summed E-state index contributed by atoms with van der Waals surface area (Å²) >= 11 is 0. The van der Waals surface area contributed by atoms with E-state index >= 15 is 0 Å². The van der Waals surface area contributed by atoms with Gasteiger partial charge in [-0.05, 0) is 175 Å². The number of aryl methyl sites for hydroxylation is 3. The summed E-state index contributed by atoms with van der Waals surface area (Å²) in [4.78, 5) is 7.34. The molecule has 65 heavy (non-hydrogen) atoms. The molecule has 0 aromatic heterocycles. The van der Waals surface area contributed by atoms with Crippen LogP contribution in [0.3, 0.4) is 0 Å². The third kappa shape index (κ3) is 18.5. The molecule has 2 aliphatic rings. The Labute approximate surface area is 401 Å². The van der Waals surface area contributed by atoms with Crippen molar-refractivity contribution in [1.82, 2.24) is 15.1 Å². The average Bonchev–Trinajstić information content (AvgIpc) is 3.85. The van der Waals surface area contributed by atoms with Gasteiger partial charge in [-0.1, -0.05) is 147 Å². The van der Waals surface area contributed by atoms with Gasteiger partial charge in [0.2, 0.25) is 0 Å². The van der Waals surface area contributed by atoms with Crippen LogP contribution in [0.15, 0.2) is 99.8 Å². The van der Waals surface area contributed by atoms with Gasteiger partial charge in [0.05, 0.1) is 0 Å². The van der Waals surface area contributed by atoms with Crippen LogP contribution in [0.2, 0.25) is 0 Å². The molecule has 1 saturated heterocycles. The fourth-order valence-corrected chi connectivity index (χ4v) is 9.77. The van der Waals surface area contributed by atoms with Crippen molar-refractivity contribution in [1.29, 1.82) is 0 Å². The molecule has 1 aliphatic heterocycles. The highest BCUT2D eigenvalue weighted by Crippen LogP contribution is 2.36. The Kier molecular flexibility index (Phi) is 28.3. The van der Waals surface area contributed by atoms with E-state index in [4.69, 9.17) is 5.73 Å². The number of nitrogens with zero attached hydrogens (tertiary/aromatic N) is 3. The molecule has 0 bridgehead atoms. The van der Waals surface area contributed by atoms with Gasteiger partial charge in [0.1, 0.15) is 0 Å². The van der Waals surface area contributed by atoms with E-state index in [0.29, 0.717) is 5.92 Å². The van der Waals surface area contributed by atoms with E-state index in [1.807, 2.05) is 72.3 Å². The first-order valence-corrected chi connectivity index (χ1v) is 25.7. The van der Waals surface area contributed by atoms with E-state index in [2.05, 4.69) is 116 Å². The van der Waals surface area contributed by atoms with Gasteiger partial charge in [-0.15, -0.1) is 13.2 Å². The number of piperidine rings is 1. The fourth-order valence-electron chi connectivity index (χ4n) is 9.77. The van der Waals surface area contributed by atoms with E-state index in [0.717, 1.165) is 47.8 Å². The molecule has 1 atom stereocenters. The van der Waals surface area contributed by atoms with E-state index < -0.39 is 0 Å². The summed E-state index contributed by atoms with van der Waals surface area (Å²) in [5, 5.41) is 2.75. The number of benzene rings is 3. The predicted octanol–water partition coefficient (Wildman–Crippen LogP) is 15.5. The third-order valence-corrected chi connectivity index (χ3v) is 13.4. The van der Waals surface area contributed by atoms with Crippen LogP contribution in [0.4, 0.5) is 11.4 Å². The normalized spacial score (nSPS) is 14.4. The number of nitrogens with one attached hydrogen (secondary N) is 1. The Morgan fingerprint density at radius 2 is 1.48 bits per heavy atom. The first-order chi connectivity index (χ1) is 31.6. The number of hydrogen-bond acceptors (Lipinski definition) is 5. The van der Waals surface area contributed by atoms with Crippen LogP contribution in [0.25, 0.3) is 11.8 Å². The highest BCUT2D eigenvalue weighted by atomic mass is 15.1. The molecule has 5 rings (SSSR count). The molecule has 3 aromatic rings. The standard InChI is InChI=1S/C54H76N4.C2H7N.2C2H6/c1-9-13-25-50(11-3)58(12-4)40-54-42(6)35-41(5)36-53(54)47-30-33-57(34-31-47)32-21-17-15-14-16-18-24-46-26-28-51(39-48(46)37-44-22-19-20-23-44)56(8)43(7)52-29-27-49(55)38-45(52)10-2;1-3-2;2*1-2/h9-12,26-29,35-36,38-39,44,47,50H,1-4,7,13-25,30-34,37,40,55H2,5-6,8H3;3H,1-2H3;2*1-2H3. The van der Waals surface area contributed by atoms with Crippen molar-refractivity contribution in [2.24, 2.45) is 5.92 Å². The summed E-state index contributed by atoms with van der Waals surface area (Å²) in [6, 6.07) is 18.3. The molecule has 1 aliphatic carbocycles. The molecule has 1 heterocycles. The largest absolute Gasteiger partial charge is 0.399 e. The van der Waals surface area contributed by atoms with Crippen LogP contribution in [0, 0.1) is 19.8 Å². The Bertz CT molecular complexity index is 1840. The summed E-state index contributed by atoms with van der Waals surface area (Å²) < 4.78 is 0. The molecule has 0 radical (unpaired) electrons. The number of unbranched alkanes of at least 4 members (excludes halogenated alkanes) is 5. The molecule has 360 valence electrons. The Morgan fingerprint density at radius 1 is 0.831 bits per heavy atom. The molecule has 0 spiro atoms. The second-order valence-electron chi connectivity index (χ2n) is 18.0. The van der Waals surface area contributed by atoms with E-state index in [9.17, 15) is 0 Å². The predicted molar refractivity (Wildman–Crippen MR) is 293 cm³/mol. The highest BCUT2D eigenvalue weighted by molar-refractivity contribution is 5.83. The maximum atomic E-state index is 6.07. The molecule has 3 N–H and O–H groups in total. The number of rotatable bonds is 24. The van der Waals surface area contributed by atoms with Crippen molar-refractivity contribution in [3.8, 4) is 0 Å². The summed E-state index contributed by atoms with van der Waals surface area (Å²) in [5.41, 5.74) is 20.0. The lowest BCUT2D eigenvalue weighted by Crippen LogP contribution is -2.34. The van der Waals surface area contributed by atoms with Gasteiger partial charge in [-0.25, -0.2) is 0 Å². The van der Waals surface area contributed by atoms with E-state index in [1.54, 1.807) is 16.7 Å². The average molecular weight is 886 g/mol. The van der Waals surface area contributed by atoms with Gasteiger partial charge >= 0.3 is 0 Å². The zero-order chi connectivity index (χ0) is 48.1. The lowest BCUT2D eigenvalue weighted by Gasteiger charge is -2.35. The van der Waals surface area contributed by atoms with Crippen LogP contribution in [0.1, 0.15) is 168 Å². The lowest BCUT2D eigenvalue weighted by molar-refractivity contribution is 0.207. The van der Waals surface area contributed by atoms with Crippen molar-refractivity contribution in [2.75, 3.05) is 51.4 Å². The third-order valence-electron chi connectivity index (χ3n) is 13.4. The summed E-state index contributed by atoms with van der Waals surface area (Å²) in [5.74, 6) is 1.44. The van der Waals surface area contributed by atoms with Gasteiger partial charge < -0.3 is 25.8 Å². The first kappa shape index (κ1) is 56.8. The number of hydrogen-bond donors (Lipinski definition) is 2. The lowest BCUT2D eigenvalue weighted by atomic mass is 9.83. The molecule has 2 fully saturated rings. The van der Waals surface area contributed by atoms with Crippen LogP contribution in [-0.4, -0.2) is 56.6 Å². The topological polar surface area (TPSA) is 47.8 Å². The Hall–Kier alpha value is -4.32. The Balaban J connectivity index is 0.00000196. The minimum absolute atomic E-state index is 0.274. The molecule has 1 unspecified atom stereocenters. The zero-order valence-electron chi connectivity index (χ0n) is 43.3. The number of nitrogen functional groups attached to an aromatic ring is 1. The summed E-state index contributed by atoms with van der Waals surface area (Å²) in [6.45, 7) is 37.9. The van der Waals surface area contributed by atoms with Crippen molar-refractivity contribution < 1.29 is 0 Å². The number of likely N-dealkylation sites (tertiary alicyclic amines) is 1. The van der Waals surface area contributed by atoms with E-state index in [1.165, 1.54) is 132 Å². The van der Waals surface area contributed by atoms with Crippen LogP contribution < -0.4 is 16.0 Å². The monoisotopic (exact) mass is 886 g/mol. The van der Waals surface area contributed by atoms with Gasteiger partial charge in [0.15, 0.2) is 0 Å². The number of allylic oxidation sites excluding steroid dienone is 1. The molecule has 3 aromatic carbocycles. The molecular weight excluding hydrogens is 791 g/mol. The minimum atomic E-state index is 0.274. The SMILES string of the molecule is C=CCCC(C=C)N(C=C)Cc1c(C)cc(C)cc1C1CCN(CCCCCCCCc2ccc(N(C)C(=C)c3ccc(N)cc3C=C)cc2CC2CCCC2)CC1.CC.CC.CNC. The van der Waals surface area contributed by atoms with Crippen molar-refractivity contribution in [3.63, 3.8) is 0 Å². The minimum Gasteiger partial charge on any atom is -0.399 e. The van der Waals surface area contributed by atoms with Crippen molar-refractivity contribution in [2.45, 2.75) is 163 Å². The second kappa shape index (κ2) is 32.4. The second-order valence-corrected chi connectivity index (χ2v) is 18.0. The van der Waals surface area contributed by atoms with Gasteiger partial charge in [-0.2, -0.15) is 0 Å². The molecule has 1 saturated carbocycles. The number of nitrogens with two attached hydrogens (primary N) is 1. The Morgan fingerprint density at radius 3 is 2.09 bits per heavy atom. The summed E-state index contributed by atoms with van der Waals surface area (Å²) in [7, 11) is 5.88. The molecular formula is C60H95N5. The van der Waals surface area contributed by atoms with Gasteiger partial charge in [-0.3, -0.25) is 0 Å². The van der Waals surface area contributed by atoms with Crippen molar-refractivity contribution in [3.05, 3.63) is 144 Å². The highest BCUT2D eigenvalue weighted by Gasteiger charge is 2.25. The maximum absolute atomic E-state index is 6.07. The van der Waals surface area contributed by atoms with Crippen LogP contribution in [0.5, 0.6) is 0 Å². The number of anilines is 2. The molecule has 0 amide bonds. The van der Waals surface area contributed by atoms with Gasteiger partial charge in [0.25, 0.3) is 0 Å². The van der Waals surface area contributed by atoms with Gasteiger partial charge in [0, 0.05) is 42.3 Å².